The zero-order chi connectivity index (χ0) is 26.3. The molecule has 1 fully saturated rings. The van der Waals surface area contributed by atoms with Crippen molar-refractivity contribution in [2.45, 2.75) is 110 Å². The molecule has 1 heterocycles. The van der Waals surface area contributed by atoms with Crippen LogP contribution in [0, 0.1) is 5.92 Å². The lowest BCUT2D eigenvalue weighted by Crippen LogP contribution is -2.60. The first-order valence-electron chi connectivity index (χ1n) is 14.2. The lowest BCUT2D eigenvalue weighted by atomic mass is 10.0. The zero-order valence-corrected chi connectivity index (χ0v) is 23.1. The Labute approximate surface area is 219 Å². The standard InChI is InChI=1S/C30H49N3O3/c1-5-6-7-8-9-10-11-12-16-19-27(34)31-29(24(2)3)30(36)32-20-21-33(25(4)23-32)28(35)22-26-17-14-13-15-18-26/h13-15,17-18,24-25,29H,5-12,16,19-23H2,1-4H3,(H,31,34). The Bertz CT molecular complexity index is 796. The van der Waals surface area contributed by atoms with Crippen LogP contribution in [0.5, 0.6) is 0 Å². The largest absolute Gasteiger partial charge is 0.344 e. The van der Waals surface area contributed by atoms with Crippen molar-refractivity contribution in [3.05, 3.63) is 35.9 Å². The maximum Gasteiger partial charge on any atom is 0.245 e. The predicted octanol–water partition coefficient (Wildman–Crippen LogP) is 5.35. The van der Waals surface area contributed by atoms with E-state index in [1.54, 1.807) is 0 Å². The fraction of sp³-hybridized carbons (Fsp3) is 0.700. The molecule has 1 aliphatic rings. The number of amides is 3. The summed E-state index contributed by atoms with van der Waals surface area (Å²) in [5.74, 6) is 0.0373. The van der Waals surface area contributed by atoms with E-state index >= 15 is 0 Å². The average molecular weight is 500 g/mol. The van der Waals surface area contributed by atoms with Crippen LogP contribution in [0.1, 0.15) is 97.5 Å². The van der Waals surface area contributed by atoms with Gasteiger partial charge < -0.3 is 15.1 Å². The molecule has 1 aromatic rings. The average Bonchev–Trinajstić information content (AvgIpc) is 2.86. The van der Waals surface area contributed by atoms with Crippen molar-refractivity contribution in [1.82, 2.24) is 15.1 Å². The summed E-state index contributed by atoms with van der Waals surface area (Å²) in [4.78, 5) is 42.4. The topological polar surface area (TPSA) is 69.7 Å². The molecule has 36 heavy (non-hydrogen) atoms. The van der Waals surface area contributed by atoms with Gasteiger partial charge in [-0.25, -0.2) is 0 Å². The predicted molar refractivity (Wildman–Crippen MR) is 147 cm³/mol. The maximum atomic E-state index is 13.3. The van der Waals surface area contributed by atoms with E-state index in [2.05, 4.69) is 12.2 Å². The number of rotatable bonds is 15. The molecule has 0 radical (unpaired) electrons. The molecular formula is C30H49N3O3. The Balaban J connectivity index is 1.74. The van der Waals surface area contributed by atoms with E-state index in [9.17, 15) is 14.4 Å². The fourth-order valence-electron chi connectivity index (χ4n) is 4.95. The summed E-state index contributed by atoms with van der Waals surface area (Å²) in [5.41, 5.74) is 1.00. The molecule has 1 N–H and O–H groups in total. The van der Waals surface area contributed by atoms with Crippen LogP contribution in [0.3, 0.4) is 0 Å². The Morgan fingerprint density at radius 1 is 0.917 bits per heavy atom. The van der Waals surface area contributed by atoms with Crippen molar-refractivity contribution in [3.63, 3.8) is 0 Å². The van der Waals surface area contributed by atoms with Crippen molar-refractivity contribution in [3.8, 4) is 0 Å². The molecule has 0 saturated carbocycles. The van der Waals surface area contributed by atoms with E-state index < -0.39 is 6.04 Å². The number of nitrogens with one attached hydrogen (secondary N) is 1. The quantitative estimate of drug-likeness (QED) is 0.331. The van der Waals surface area contributed by atoms with Gasteiger partial charge in [0, 0.05) is 32.1 Å². The molecule has 6 heteroatoms. The van der Waals surface area contributed by atoms with Crippen molar-refractivity contribution < 1.29 is 14.4 Å². The zero-order valence-electron chi connectivity index (χ0n) is 23.1. The molecule has 0 aliphatic carbocycles. The number of carbonyl (C=O) groups excluding carboxylic acids is 3. The maximum absolute atomic E-state index is 13.3. The Morgan fingerprint density at radius 2 is 1.53 bits per heavy atom. The highest BCUT2D eigenvalue weighted by Gasteiger charge is 2.34. The third-order valence-electron chi connectivity index (χ3n) is 7.21. The van der Waals surface area contributed by atoms with Crippen molar-refractivity contribution >= 4 is 17.7 Å². The summed E-state index contributed by atoms with van der Waals surface area (Å²) in [5, 5.41) is 3.01. The number of unbranched alkanes of at least 4 members (excludes halogenated alkanes) is 8. The van der Waals surface area contributed by atoms with Gasteiger partial charge >= 0.3 is 0 Å². The van der Waals surface area contributed by atoms with Gasteiger partial charge in [0.25, 0.3) is 0 Å². The molecule has 2 atom stereocenters. The molecule has 2 rings (SSSR count). The van der Waals surface area contributed by atoms with E-state index in [1.807, 2.05) is 60.9 Å². The SMILES string of the molecule is CCCCCCCCCCCC(=O)NC(C(=O)N1CCN(C(=O)Cc2ccccc2)C(C)C1)C(C)C. The van der Waals surface area contributed by atoms with Gasteiger partial charge in [0.05, 0.1) is 6.42 Å². The number of nitrogens with zero attached hydrogens (tertiary/aromatic N) is 2. The van der Waals surface area contributed by atoms with E-state index in [4.69, 9.17) is 0 Å². The molecule has 1 saturated heterocycles. The molecule has 0 bridgehead atoms. The Morgan fingerprint density at radius 3 is 2.11 bits per heavy atom. The van der Waals surface area contributed by atoms with Gasteiger partial charge in [0.1, 0.15) is 6.04 Å². The fourth-order valence-corrected chi connectivity index (χ4v) is 4.95. The number of benzene rings is 1. The smallest absolute Gasteiger partial charge is 0.245 e. The molecule has 2 unspecified atom stereocenters. The van der Waals surface area contributed by atoms with Gasteiger partial charge in [0.2, 0.25) is 17.7 Å². The second-order valence-electron chi connectivity index (χ2n) is 10.8. The summed E-state index contributed by atoms with van der Waals surface area (Å²) in [7, 11) is 0. The Hall–Kier alpha value is -2.37. The van der Waals surface area contributed by atoms with Crippen molar-refractivity contribution in [1.29, 1.82) is 0 Å². The van der Waals surface area contributed by atoms with Gasteiger partial charge in [-0.05, 0) is 24.8 Å². The van der Waals surface area contributed by atoms with Gasteiger partial charge in [-0.15, -0.1) is 0 Å². The molecule has 202 valence electrons. The first-order chi connectivity index (χ1) is 17.3. The second-order valence-corrected chi connectivity index (χ2v) is 10.8. The molecule has 3 amide bonds. The van der Waals surface area contributed by atoms with Crippen LogP contribution < -0.4 is 5.32 Å². The molecule has 0 spiro atoms. The highest BCUT2D eigenvalue weighted by molar-refractivity contribution is 5.88. The van der Waals surface area contributed by atoms with Gasteiger partial charge in [-0.1, -0.05) is 102 Å². The van der Waals surface area contributed by atoms with Crippen LogP contribution in [0.15, 0.2) is 30.3 Å². The minimum absolute atomic E-state index is 0.0117. The van der Waals surface area contributed by atoms with Crippen LogP contribution in [0.4, 0.5) is 0 Å². The highest BCUT2D eigenvalue weighted by Crippen LogP contribution is 2.16. The van der Waals surface area contributed by atoms with Crippen LogP contribution >= 0.6 is 0 Å². The monoisotopic (exact) mass is 499 g/mol. The van der Waals surface area contributed by atoms with E-state index in [-0.39, 0.29) is 29.7 Å². The van der Waals surface area contributed by atoms with Crippen LogP contribution in [0.25, 0.3) is 0 Å². The van der Waals surface area contributed by atoms with Crippen LogP contribution in [0.2, 0.25) is 0 Å². The molecule has 1 aliphatic heterocycles. The lowest BCUT2D eigenvalue weighted by molar-refractivity contribution is -0.145. The van der Waals surface area contributed by atoms with Gasteiger partial charge in [0.15, 0.2) is 0 Å². The summed E-state index contributed by atoms with van der Waals surface area (Å²) in [6.07, 6.45) is 11.8. The van der Waals surface area contributed by atoms with E-state index in [0.717, 1.165) is 18.4 Å². The first-order valence-corrected chi connectivity index (χ1v) is 14.2. The van der Waals surface area contributed by atoms with E-state index in [0.29, 0.717) is 32.5 Å². The minimum atomic E-state index is -0.519. The highest BCUT2D eigenvalue weighted by atomic mass is 16.2. The summed E-state index contributed by atoms with van der Waals surface area (Å²) in [6, 6.07) is 9.19. The first kappa shape index (κ1) is 29.9. The van der Waals surface area contributed by atoms with Gasteiger partial charge in [-0.2, -0.15) is 0 Å². The normalized spacial score (nSPS) is 16.8. The third-order valence-corrected chi connectivity index (χ3v) is 7.21. The summed E-state index contributed by atoms with van der Waals surface area (Å²) < 4.78 is 0. The summed E-state index contributed by atoms with van der Waals surface area (Å²) in [6.45, 7) is 9.71. The lowest BCUT2D eigenvalue weighted by Gasteiger charge is -2.41. The number of hydrogen-bond donors (Lipinski definition) is 1. The van der Waals surface area contributed by atoms with Gasteiger partial charge in [-0.3, -0.25) is 14.4 Å². The molecule has 1 aromatic carbocycles. The van der Waals surface area contributed by atoms with Crippen LogP contribution in [-0.2, 0) is 20.8 Å². The number of carbonyl (C=O) groups is 3. The molecular weight excluding hydrogens is 450 g/mol. The number of hydrogen-bond acceptors (Lipinski definition) is 3. The van der Waals surface area contributed by atoms with Crippen LogP contribution in [-0.4, -0.2) is 59.2 Å². The minimum Gasteiger partial charge on any atom is -0.344 e. The second kappa shape index (κ2) is 16.4. The number of piperazine rings is 1. The third kappa shape index (κ3) is 10.3. The van der Waals surface area contributed by atoms with E-state index in [1.165, 1.54) is 44.9 Å². The molecule has 6 nitrogen and oxygen atoms in total. The van der Waals surface area contributed by atoms with Crippen molar-refractivity contribution in [2.75, 3.05) is 19.6 Å². The van der Waals surface area contributed by atoms with Crippen molar-refractivity contribution in [2.24, 2.45) is 5.92 Å². The Kier molecular flexibility index (Phi) is 13.6. The molecule has 0 aromatic heterocycles. The summed E-state index contributed by atoms with van der Waals surface area (Å²) >= 11 is 0.